The van der Waals surface area contributed by atoms with Crippen LogP contribution in [0.4, 0.5) is 4.79 Å². The van der Waals surface area contributed by atoms with E-state index in [4.69, 9.17) is 18.8 Å². The van der Waals surface area contributed by atoms with Gasteiger partial charge in [0.1, 0.15) is 11.6 Å². The molecular weight excluding hydrogens is 487 g/mol. The average molecular weight is 532 g/mol. The standard InChI is InChI=1S/C27H45BN4O6/c1-18(2)21(31-24(34)36-25(3,4)5)22(33)32-13-10-19(11-14-32)12-15-35-23-29-16-20(17-30-23)28-37-26(6,7)27(8,9)38-28/h16-19,21H,10-15H2,1-9H3,(H,31,34)/t21-/m0/s1. The number of aromatic nitrogens is 2. The molecule has 0 unspecified atom stereocenters. The van der Waals surface area contributed by atoms with Gasteiger partial charge in [-0.05, 0) is 79.6 Å². The zero-order valence-corrected chi connectivity index (χ0v) is 24.5. The maximum atomic E-state index is 13.1. The third kappa shape index (κ3) is 7.82. The summed E-state index contributed by atoms with van der Waals surface area (Å²) in [6.07, 6.45) is 5.43. The van der Waals surface area contributed by atoms with E-state index < -0.39 is 36.1 Å². The van der Waals surface area contributed by atoms with Gasteiger partial charge in [-0.15, -0.1) is 0 Å². The Bertz CT molecular complexity index is 939. The molecule has 1 N–H and O–H groups in total. The molecule has 10 nitrogen and oxygen atoms in total. The fourth-order valence-electron chi connectivity index (χ4n) is 4.41. The Labute approximate surface area is 227 Å². The molecule has 11 heteroatoms. The lowest BCUT2D eigenvalue weighted by molar-refractivity contribution is -0.136. The quantitative estimate of drug-likeness (QED) is 0.508. The van der Waals surface area contributed by atoms with Gasteiger partial charge in [0.15, 0.2) is 0 Å². The van der Waals surface area contributed by atoms with Crippen LogP contribution in [0.3, 0.4) is 0 Å². The molecular formula is C27H45BN4O6. The van der Waals surface area contributed by atoms with Crippen LogP contribution in [-0.4, -0.2) is 76.5 Å². The van der Waals surface area contributed by atoms with Gasteiger partial charge < -0.3 is 29.0 Å². The fourth-order valence-corrected chi connectivity index (χ4v) is 4.41. The number of carbonyl (C=O) groups excluding carboxylic acids is 2. The predicted octanol–water partition coefficient (Wildman–Crippen LogP) is 3.33. The van der Waals surface area contributed by atoms with Crippen molar-refractivity contribution >= 4 is 24.6 Å². The molecule has 2 aliphatic rings. The van der Waals surface area contributed by atoms with Crippen molar-refractivity contribution in [2.75, 3.05) is 19.7 Å². The third-order valence-corrected chi connectivity index (χ3v) is 7.46. The molecule has 0 radical (unpaired) electrons. The lowest BCUT2D eigenvalue weighted by Gasteiger charge is -2.35. The minimum absolute atomic E-state index is 0.0442. The highest BCUT2D eigenvalue weighted by Gasteiger charge is 2.52. The Hall–Kier alpha value is -2.40. The van der Waals surface area contributed by atoms with Crippen molar-refractivity contribution < 1.29 is 28.4 Å². The maximum Gasteiger partial charge on any atom is 0.498 e. The van der Waals surface area contributed by atoms with Crippen molar-refractivity contribution in [1.82, 2.24) is 20.2 Å². The summed E-state index contributed by atoms with van der Waals surface area (Å²) >= 11 is 0. The van der Waals surface area contributed by atoms with Gasteiger partial charge in [0.25, 0.3) is 0 Å². The Morgan fingerprint density at radius 2 is 1.66 bits per heavy atom. The van der Waals surface area contributed by atoms with Crippen LogP contribution in [0.25, 0.3) is 0 Å². The number of likely N-dealkylation sites (tertiary alicyclic amines) is 1. The number of hydrogen-bond acceptors (Lipinski definition) is 8. The van der Waals surface area contributed by atoms with Crippen molar-refractivity contribution in [3.05, 3.63) is 12.4 Å². The van der Waals surface area contributed by atoms with E-state index in [1.807, 2.05) is 46.4 Å². The molecule has 38 heavy (non-hydrogen) atoms. The third-order valence-electron chi connectivity index (χ3n) is 7.46. The van der Waals surface area contributed by atoms with Crippen LogP contribution in [-0.2, 0) is 18.8 Å². The highest BCUT2D eigenvalue weighted by atomic mass is 16.7. The monoisotopic (exact) mass is 532 g/mol. The van der Waals surface area contributed by atoms with Crippen LogP contribution in [0.15, 0.2) is 12.4 Å². The summed E-state index contributed by atoms with van der Waals surface area (Å²) in [5, 5.41) is 2.76. The van der Waals surface area contributed by atoms with Crippen LogP contribution < -0.4 is 15.5 Å². The SMILES string of the molecule is CC(C)[C@H](NC(=O)OC(C)(C)C)C(=O)N1CCC(CCOc2ncc(B3OC(C)(C)C(C)(C)O3)cn2)CC1. The second-order valence-corrected chi connectivity index (χ2v) is 12.7. The first-order chi connectivity index (χ1) is 17.6. The van der Waals surface area contributed by atoms with Gasteiger partial charge in [-0.25, -0.2) is 14.8 Å². The molecule has 0 saturated carbocycles. The number of carbonyl (C=O) groups is 2. The summed E-state index contributed by atoms with van der Waals surface area (Å²) in [7, 11) is -0.503. The summed E-state index contributed by atoms with van der Waals surface area (Å²) < 4.78 is 23.2. The smallest absolute Gasteiger partial charge is 0.463 e. The Kier molecular flexibility index (Phi) is 9.34. The van der Waals surface area contributed by atoms with Crippen LogP contribution in [0, 0.1) is 11.8 Å². The van der Waals surface area contributed by atoms with Crippen molar-refractivity contribution in [1.29, 1.82) is 0 Å². The number of ether oxygens (including phenoxy) is 2. The first kappa shape index (κ1) is 30.2. The van der Waals surface area contributed by atoms with E-state index in [1.54, 1.807) is 33.2 Å². The van der Waals surface area contributed by atoms with Crippen LogP contribution >= 0.6 is 0 Å². The number of piperidine rings is 1. The van der Waals surface area contributed by atoms with Gasteiger partial charge in [-0.3, -0.25) is 4.79 Å². The molecule has 3 heterocycles. The molecule has 2 aliphatic heterocycles. The van der Waals surface area contributed by atoms with E-state index in [9.17, 15) is 9.59 Å². The first-order valence-electron chi connectivity index (χ1n) is 13.7. The van der Waals surface area contributed by atoms with Gasteiger partial charge in [0.2, 0.25) is 5.91 Å². The van der Waals surface area contributed by atoms with Crippen molar-refractivity contribution in [3.63, 3.8) is 0 Å². The van der Waals surface area contributed by atoms with Gasteiger partial charge in [-0.1, -0.05) is 13.8 Å². The van der Waals surface area contributed by atoms with E-state index in [0.29, 0.717) is 31.6 Å². The Balaban J connectivity index is 1.41. The van der Waals surface area contributed by atoms with E-state index in [1.165, 1.54) is 0 Å². The number of nitrogens with zero attached hydrogens (tertiary/aromatic N) is 3. The molecule has 3 rings (SSSR count). The van der Waals surface area contributed by atoms with Gasteiger partial charge in [0.05, 0.1) is 17.8 Å². The topological polar surface area (TPSA) is 112 Å². The summed E-state index contributed by atoms with van der Waals surface area (Å²) in [5.41, 5.74) is -0.696. The van der Waals surface area contributed by atoms with Crippen LogP contribution in [0.5, 0.6) is 6.01 Å². The van der Waals surface area contributed by atoms with E-state index in [0.717, 1.165) is 24.7 Å². The number of amides is 2. The molecule has 2 saturated heterocycles. The second kappa shape index (κ2) is 11.8. The lowest BCUT2D eigenvalue weighted by Crippen LogP contribution is -2.53. The van der Waals surface area contributed by atoms with Crippen molar-refractivity contribution in [2.45, 2.75) is 104 Å². The number of rotatable bonds is 8. The van der Waals surface area contributed by atoms with Crippen molar-refractivity contribution in [3.8, 4) is 6.01 Å². The fraction of sp³-hybridized carbons (Fsp3) is 0.778. The summed E-state index contributed by atoms with van der Waals surface area (Å²) in [6, 6.07) is -0.284. The van der Waals surface area contributed by atoms with E-state index in [2.05, 4.69) is 15.3 Å². The highest BCUT2D eigenvalue weighted by Crippen LogP contribution is 2.36. The minimum Gasteiger partial charge on any atom is -0.463 e. The van der Waals surface area contributed by atoms with Gasteiger partial charge >= 0.3 is 19.2 Å². The highest BCUT2D eigenvalue weighted by molar-refractivity contribution is 6.61. The molecule has 2 amide bonds. The number of hydrogen-bond donors (Lipinski definition) is 1. The van der Waals surface area contributed by atoms with E-state index >= 15 is 0 Å². The number of alkyl carbamates (subject to hydrolysis) is 1. The summed E-state index contributed by atoms with van der Waals surface area (Å²) in [5.74, 6) is 0.340. The van der Waals surface area contributed by atoms with Crippen LogP contribution in [0.1, 0.15) is 81.6 Å². The predicted molar refractivity (Wildman–Crippen MR) is 145 cm³/mol. The van der Waals surface area contributed by atoms with Crippen LogP contribution in [0.2, 0.25) is 0 Å². The summed E-state index contributed by atoms with van der Waals surface area (Å²) in [4.78, 5) is 35.9. The van der Waals surface area contributed by atoms with Gasteiger partial charge in [0, 0.05) is 30.9 Å². The summed E-state index contributed by atoms with van der Waals surface area (Å²) in [6.45, 7) is 19.1. The molecule has 0 aromatic carbocycles. The molecule has 1 aromatic rings. The zero-order chi connectivity index (χ0) is 28.3. The molecule has 0 bridgehead atoms. The second-order valence-electron chi connectivity index (χ2n) is 12.7. The van der Waals surface area contributed by atoms with Crippen molar-refractivity contribution in [2.24, 2.45) is 11.8 Å². The Morgan fingerprint density at radius 1 is 1.11 bits per heavy atom. The molecule has 1 aromatic heterocycles. The first-order valence-corrected chi connectivity index (χ1v) is 13.7. The molecule has 0 aliphatic carbocycles. The van der Waals surface area contributed by atoms with Gasteiger partial charge in [-0.2, -0.15) is 0 Å². The molecule has 0 spiro atoms. The largest absolute Gasteiger partial charge is 0.498 e. The number of nitrogens with one attached hydrogen (secondary N) is 1. The average Bonchev–Trinajstić information content (AvgIpc) is 3.03. The molecule has 1 atom stereocenters. The Morgan fingerprint density at radius 3 is 2.16 bits per heavy atom. The molecule has 212 valence electrons. The molecule has 2 fully saturated rings. The lowest BCUT2D eigenvalue weighted by atomic mass is 9.81. The van der Waals surface area contributed by atoms with E-state index in [-0.39, 0.29) is 11.8 Å². The maximum absolute atomic E-state index is 13.1. The zero-order valence-electron chi connectivity index (χ0n) is 24.5. The normalized spacial score (nSPS) is 20.4. The minimum atomic E-state index is -0.616.